The quantitative estimate of drug-likeness (QED) is 0.711. The van der Waals surface area contributed by atoms with Gasteiger partial charge in [0.1, 0.15) is 5.56 Å². The normalized spacial score (nSPS) is 23.6. The van der Waals surface area contributed by atoms with E-state index in [-0.39, 0.29) is 29.2 Å². The Bertz CT molecular complexity index is 739. The van der Waals surface area contributed by atoms with Gasteiger partial charge in [-0.3, -0.25) is 9.69 Å². The monoisotopic (exact) mass is 401 g/mol. The molecule has 1 heterocycles. The number of aromatic carboxylic acids is 1. The summed E-state index contributed by atoms with van der Waals surface area (Å²) >= 11 is 0. The third kappa shape index (κ3) is 5.28. The maximum atomic E-state index is 13.3. The van der Waals surface area contributed by atoms with Crippen LogP contribution in [0, 0.1) is 17.8 Å². The molecule has 0 atom stereocenters. The number of nitrogens with zero attached hydrogens (tertiary/aromatic N) is 3. The first-order valence-corrected chi connectivity index (χ1v) is 11.2. The lowest BCUT2D eigenvalue weighted by Gasteiger charge is -2.32. The topological polar surface area (TPSA) is 75.4 Å². The molecule has 2 aliphatic carbocycles. The highest BCUT2D eigenvalue weighted by Crippen LogP contribution is 2.32. The van der Waals surface area contributed by atoms with Crippen molar-refractivity contribution in [1.29, 1.82) is 0 Å². The molecular formula is C23H35N3O3. The number of carbonyl (C=O) groups is 2. The predicted octanol–water partition coefficient (Wildman–Crippen LogP) is 5.20. The zero-order valence-corrected chi connectivity index (χ0v) is 18.0. The molecule has 3 rings (SSSR count). The predicted molar refractivity (Wildman–Crippen MR) is 115 cm³/mol. The minimum absolute atomic E-state index is 0.0101. The molecule has 1 N–H and O–H groups in total. The third-order valence-corrected chi connectivity index (χ3v) is 6.45. The van der Waals surface area contributed by atoms with E-state index >= 15 is 0 Å². The van der Waals surface area contributed by atoms with Crippen LogP contribution >= 0.6 is 0 Å². The van der Waals surface area contributed by atoms with E-state index in [0.717, 1.165) is 25.7 Å². The third-order valence-electron chi connectivity index (χ3n) is 6.45. The molecule has 160 valence electrons. The van der Waals surface area contributed by atoms with Gasteiger partial charge in [-0.15, -0.1) is 5.10 Å². The van der Waals surface area contributed by atoms with Crippen LogP contribution in [0.3, 0.4) is 0 Å². The second-order valence-corrected chi connectivity index (χ2v) is 9.15. The molecule has 6 nitrogen and oxygen atoms in total. The fraction of sp³-hybridized carbons (Fsp3) is 0.696. The van der Waals surface area contributed by atoms with Crippen LogP contribution in [0.5, 0.6) is 0 Å². The summed E-state index contributed by atoms with van der Waals surface area (Å²) in [5.74, 6) is 0.369. The molecule has 0 radical (unpaired) electrons. The summed E-state index contributed by atoms with van der Waals surface area (Å²) in [7, 11) is 0. The van der Waals surface area contributed by atoms with E-state index in [1.165, 1.54) is 38.3 Å². The Morgan fingerprint density at radius 3 is 2.38 bits per heavy atom. The summed E-state index contributed by atoms with van der Waals surface area (Å²) in [6, 6.07) is -0.148. The number of anilines is 1. The van der Waals surface area contributed by atoms with E-state index in [1.807, 2.05) is 20.0 Å². The Kier molecular flexibility index (Phi) is 7.14. The van der Waals surface area contributed by atoms with Gasteiger partial charge < -0.3 is 5.11 Å². The van der Waals surface area contributed by atoms with Gasteiger partial charge in [-0.05, 0) is 64.2 Å². The second-order valence-electron chi connectivity index (χ2n) is 9.15. The van der Waals surface area contributed by atoms with E-state index in [1.54, 1.807) is 9.58 Å². The molecule has 0 aromatic carbocycles. The number of hydrogen-bond donors (Lipinski definition) is 1. The molecule has 0 aliphatic heterocycles. The molecule has 1 aromatic heterocycles. The number of hydrogen-bond acceptors (Lipinski definition) is 3. The number of carboxylic acids is 1. The van der Waals surface area contributed by atoms with Crippen LogP contribution in [0.1, 0.15) is 88.9 Å². The highest BCUT2D eigenvalue weighted by molar-refractivity contribution is 6.01. The first kappa shape index (κ1) is 21.6. The van der Waals surface area contributed by atoms with Crippen molar-refractivity contribution in [2.24, 2.45) is 17.8 Å². The van der Waals surface area contributed by atoms with Crippen LogP contribution in [-0.2, 0) is 4.79 Å². The lowest BCUT2D eigenvalue weighted by molar-refractivity contribution is -0.123. The summed E-state index contributed by atoms with van der Waals surface area (Å²) in [5, 5.41) is 14.3. The Labute approximate surface area is 174 Å². The van der Waals surface area contributed by atoms with Gasteiger partial charge in [-0.2, -0.15) is 0 Å². The van der Waals surface area contributed by atoms with Gasteiger partial charge in [-0.1, -0.05) is 32.3 Å². The summed E-state index contributed by atoms with van der Waals surface area (Å²) < 4.78 is 1.57. The van der Waals surface area contributed by atoms with Crippen molar-refractivity contribution in [3.63, 3.8) is 0 Å². The summed E-state index contributed by atoms with van der Waals surface area (Å²) in [6.45, 7) is 6.07. The number of carbonyl (C=O) groups excluding carboxylic acids is 1. The largest absolute Gasteiger partial charge is 0.477 e. The Morgan fingerprint density at radius 1 is 1.14 bits per heavy atom. The van der Waals surface area contributed by atoms with E-state index in [4.69, 9.17) is 0 Å². The number of aromatic nitrogens is 2. The minimum atomic E-state index is -1.05. The Hall–Kier alpha value is -2.11. The van der Waals surface area contributed by atoms with Crippen molar-refractivity contribution < 1.29 is 14.7 Å². The molecule has 29 heavy (non-hydrogen) atoms. The van der Waals surface area contributed by atoms with Crippen molar-refractivity contribution in [3.8, 4) is 0 Å². The minimum Gasteiger partial charge on any atom is -0.477 e. The van der Waals surface area contributed by atoms with Crippen LogP contribution in [0.2, 0.25) is 0 Å². The average molecular weight is 402 g/mol. The number of amides is 1. The van der Waals surface area contributed by atoms with Crippen LogP contribution in [0.4, 0.5) is 5.82 Å². The molecule has 0 saturated heterocycles. The summed E-state index contributed by atoms with van der Waals surface area (Å²) in [5.41, 5.74) is 0.0875. The molecule has 0 bridgehead atoms. The van der Waals surface area contributed by atoms with E-state index in [0.29, 0.717) is 11.8 Å². The number of carboxylic acid groups (broad SMARTS) is 1. The van der Waals surface area contributed by atoms with Gasteiger partial charge in [-0.25, -0.2) is 9.48 Å². The fourth-order valence-electron chi connectivity index (χ4n) is 4.63. The van der Waals surface area contributed by atoms with Gasteiger partial charge in [0.2, 0.25) is 5.91 Å². The summed E-state index contributed by atoms with van der Waals surface area (Å²) in [4.78, 5) is 26.8. The smallest absolute Gasteiger partial charge is 0.341 e. The number of rotatable bonds is 6. The molecular weight excluding hydrogens is 366 g/mol. The van der Waals surface area contributed by atoms with Gasteiger partial charge in [0.25, 0.3) is 0 Å². The van der Waals surface area contributed by atoms with E-state index < -0.39 is 5.97 Å². The van der Waals surface area contributed by atoms with Crippen molar-refractivity contribution in [2.45, 2.75) is 84.6 Å². The van der Waals surface area contributed by atoms with E-state index in [9.17, 15) is 14.7 Å². The van der Waals surface area contributed by atoms with Crippen LogP contribution in [0.15, 0.2) is 12.3 Å². The van der Waals surface area contributed by atoms with Crippen molar-refractivity contribution in [1.82, 2.24) is 9.78 Å². The van der Waals surface area contributed by atoms with Crippen molar-refractivity contribution >= 4 is 23.9 Å². The lowest BCUT2D eigenvalue weighted by atomic mass is 9.82. The molecule has 2 fully saturated rings. The molecule has 1 amide bonds. The van der Waals surface area contributed by atoms with Crippen LogP contribution < -0.4 is 4.90 Å². The molecule has 0 spiro atoms. The zero-order chi connectivity index (χ0) is 21.0. The standard InChI is InChI=1S/C23H35N3O3/c1-16(2)26(22(27)19-11-9-17(3)10-12-19)21-20(23(28)29)15-25(24-21)14-13-18-7-5-4-6-8-18/h13-19H,4-12H2,1-3H3,(H,28,29)/b14-13+. The molecule has 1 aromatic rings. The first-order valence-electron chi connectivity index (χ1n) is 11.2. The van der Waals surface area contributed by atoms with Crippen molar-refractivity contribution in [2.75, 3.05) is 4.90 Å². The molecule has 0 unspecified atom stereocenters. The van der Waals surface area contributed by atoms with Crippen LogP contribution in [0.25, 0.3) is 6.20 Å². The fourth-order valence-corrected chi connectivity index (χ4v) is 4.63. The highest BCUT2D eigenvalue weighted by atomic mass is 16.4. The number of allylic oxidation sites excluding steroid dienone is 1. The average Bonchev–Trinajstić information content (AvgIpc) is 3.11. The van der Waals surface area contributed by atoms with Crippen LogP contribution in [-0.4, -0.2) is 32.8 Å². The summed E-state index contributed by atoms with van der Waals surface area (Å²) in [6.07, 6.45) is 15.5. The molecule has 2 aliphatic rings. The Morgan fingerprint density at radius 2 is 1.79 bits per heavy atom. The maximum Gasteiger partial charge on any atom is 0.341 e. The highest BCUT2D eigenvalue weighted by Gasteiger charge is 2.33. The van der Waals surface area contributed by atoms with E-state index in [2.05, 4.69) is 18.1 Å². The lowest BCUT2D eigenvalue weighted by Crippen LogP contribution is -2.43. The molecule has 6 heteroatoms. The second kappa shape index (κ2) is 9.59. The first-order chi connectivity index (χ1) is 13.9. The van der Waals surface area contributed by atoms with Gasteiger partial charge >= 0.3 is 5.97 Å². The molecule has 2 saturated carbocycles. The SMILES string of the molecule is CC1CCC(C(=O)N(c2nn(/C=C/C3CCCCC3)cc2C(=O)O)C(C)C)CC1. The van der Waals surface area contributed by atoms with Gasteiger partial charge in [0.05, 0.1) is 0 Å². The van der Waals surface area contributed by atoms with Crippen molar-refractivity contribution in [3.05, 3.63) is 17.8 Å². The van der Waals surface area contributed by atoms with Gasteiger partial charge in [0, 0.05) is 24.4 Å². The maximum absolute atomic E-state index is 13.3. The Balaban J connectivity index is 1.84. The zero-order valence-electron chi connectivity index (χ0n) is 18.0. The van der Waals surface area contributed by atoms with Gasteiger partial charge in [0.15, 0.2) is 5.82 Å².